The van der Waals surface area contributed by atoms with E-state index in [0.717, 1.165) is 50.5 Å². The number of likely N-dealkylation sites (tertiary alicyclic amines) is 1. The van der Waals surface area contributed by atoms with Gasteiger partial charge in [0, 0.05) is 58.3 Å². The highest BCUT2D eigenvalue weighted by atomic mass is 35.5. The number of fused-ring (bicyclic) bond motifs is 1. The highest BCUT2D eigenvalue weighted by Crippen LogP contribution is 2.17. The Hall–Kier alpha value is -1.48. The Morgan fingerprint density at radius 3 is 2.92 bits per heavy atom. The lowest BCUT2D eigenvalue weighted by atomic mass is 10.2. The maximum Gasteiger partial charge on any atom is 0.262 e. The predicted octanol–water partition coefficient (Wildman–Crippen LogP) is 0.776. The van der Waals surface area contributed by atoms with Crippen molar-refractivity contribution in [3.63, 3.8) is 0 Å². The van der Waals surface area contributed by atoms with E-state index in [0.29, 0.717) is 24.4 Å². The molecule has 2 aromatic rings. The molecule has 2 aliphatic rings. The van der Waals surface area contributed by atoms with Crippen LogP contribution in [0.15, 0.2) is 22.6 Å². The van der Waals surface area contributed by atoms with Crippen molar-refractivity contribution >= 4 is 39.9 Å². The third-order valence-electron chi connectivity index (χ3n) is 5.20. The molecule has 2 aromatic heterocycles. The number of nitrogens with one attached hydrogen (secondary N) is 1. The first-order valence-electron chi connectivity index (χ1n) is 8.87. The van der Waals surface area contributed by atoms with Crippen molar-refractivity contribution in [2.24, 2.45) is 0 Å². The molecule has 1 amide bonds. The SMILES string of the molecule is Cl.O=C(CCn1cnc2sccc2c1=O)N1CCC(N2CCNCC2)C1. The molecule has 0 bridgehead atoms. The van der Waals surface area contributed by atoms with Gasteiger partial charge in [0.2, 0.25) is 5.91 Å². The van der Waals surface area contributed by atoms with Gasteiger partial charge >= 0.3 is 0 Å². The lowest BCUT2D eigenvalue weighted by Gasteiger charge is -2.32. The van der Waals surface area contributed by atoms with E-state index in [4.69, 9.17) is 0 Å². The Morgan fingerprint density at radius 1 is 1.31 bits per heavy atom. The number of rotatable bonds is 4. The molecule has 1 unspecified atom stereocenters. The molecule has 7 nitrogen and oxygen atoms in total. The van der Waals surface area contributed by atoms with Crippen LogP contribution in [0, 0.1) is 0 Å². The molecule has 1 N–H and O–H groups in total. The van der Waals surface area contributed by atoms with Crippen molar-refractivity contribution in [1.29, 1.82) is 0 Å². The van der Waals surface area contributed by atoms with E-state index in [9.17, 15) is 9.59 Å². The maximum atomic E-state index is 12.5. The number of nitrogens with zero attached hydrogens (tertiary/aromatic N) is 4. The van der Waals surface area contributed by atoms with Gasteiger partial charge in [-0.2, -0.15) is 0 Å². The molecule has 0 saturated carbocycles. The number of hydrogen-bond acceptors (Lipinski definition) is 6. The average Bonchev–Trinajstić information content (AvgIpc) is 3.31. The Balaban J connectivity index is 0.00000196. The molecule has 0 aromatic carbocycles. The van der Waals surface area contributed by atoms with Crippen LogP contribution >= 0.6 is 23.7 Å². The second-order valence-corrected chi connectivity index (χ2v) is 7.60. The highest BCUT2D eigenvalue weighted by Gasteiger charge is 2.30. The summed E-state index contributed by atoms with van der Waals surface area (Å²) in [4.78, 5) is 34.4. The Kier molecular flexibility index (Phi) is 6.29. The Labute approximate surface area is 162 Å². The van der Waals surface area contributed by atoms with Gasteiger partial charge < -0.3 is 10.2 Å². The fraction of sp³-hybridized carbons (Fsp3) is 0.588. The highest BCUT2D eigenvalue weighted by molar-refractivity contribution is 7.16. The average molecular weight is 398 g/mol. The van der Waals surface area contributed by atoms with Crippen LogP contribution in [0.3, 0.4) is 0 Å². The van der Waals surface area contributed by atoms with Gasteiger partial charge in [0.05, 0.1) is 11.7 Å². The second kappa shape index (κ2) is 8.47. The summed E-state index contributed by atoms with van der Waals surface area (Å²) in [5.41, 5.74) is -0.0563. The number of halogens is 1. The molecule has 9 heteroatoms. The van der Waals surface area contributed by atoms with Crippen LogP contribution in [0.4, 0.5) is 0 Å². The number of aryl methyl sites for hydroxylation is 1. The van der Waals surface area contributed by atoms with Crippen molar-refractivity contribution in [2.45, 2.75) is 25.4 Å². The van der Waals surface area contributed by atoms with Gasteiger partial charge in [0.25, 0.3) is 5.56 Å². The van der Waals surface area contributed by atoms with E-state index in [1.54, 1.807) is 17.0 Å². The van der Waals surface area contributed by atoms with E-state index in [-0.39, 0.29) is 23.9 Å². The van der Waals surface area contributed by atoms with Gasteiger partial charge in [0.15, 0.2) is 0 Å². The van der Waals surface area contributed by atoms with Crippen molar-refractivity contribution in [1.82, 2.24) is 24.7 Å². The number of aromatic nitrogens is 2. The fourth-order valence-corrected chi connectivity index (χ4v) is 4.46. The summed E-state index contributed by atoms with van der Waals surface area (Å²) in [6.45, 7) is 6.23. The van der Waals surface area contributed by atoms with E-state index in [1.807, 2.05) is 10.3 Å². The normalized spacial score (nSPS) is 21.1. The van der Waals surface area contributed by atoms with Crippen LogP contribution in [0.5, 0.6) is 0 Å². The quantitative estimate of drug-likeness (QED) is 0.825. The van der Waals surface area contributed by atoms with E-state index in [2.05, 4.69) is 15.2 Å². The van der Waals surface area contributed by atoms with Gasteiger partial charge in [-0.15, -0.1) is 23.7 Å². The van der Waals surface area contributed by atoms with Crippen molar-refractivity contribution in [3.8, 4) is 0 Å². The van der Waals surface area contributed by atoms with E-state index < -0.39 is 0 Å². The molecule has 0 spiro atoms. The van der Waals surface area contributed by atoms with Crippen LogP contribution < -0.4 is 10.9 Å². The number of amides is 1. The molecular weight excluding hydrogens is 374 g/mol. The summed E-state index contributed by atoms with van der Waals surface area (Å²) in [5.74, 6) is 0.134. The molecule has 4 heterocycles. The van der Waals surface area contributed by atoms with Crippen LogP contribution in [0.25, 0.3) is 10.2 Å². The monoisotopic (exact) mass is 397 g/mol. The first-order chi connectivity index (χ1) is 12.2. The minimum atomic E-state index is -0.0563. The lowest BCUT2D eigenvalue weighted by Crippen LogP contribution is -2.49. The summed E-state index contributed by atoms with van der Waals surface area (Å²) >= 11 is 1.46. The zero-order valence-corrected chi connectivity index (χ0v) is 16.2. The molecule has 2 saturated heterocycles. The molecule has 2 aliphatic heterocycles. The first-order valence-corrected chi connectivity index (χ1v) is 9.75. The Bertz CT molecular complexity index is 817. The molecule has 26 heavy (non-hydrogen) atoms. The molecule has 142 valence electrons. The zero-order chi connectivity index (χ0) is 17.2. The van der Waals surface area contributed by atoms with Gasteiger partial charge in [-0.05, 0) is 17.9 Å². The molecule has 4 rings (SSSR count). The van der Waals surface area contributed by atoms with Gasteiger partial charge in [-0.25, -0.2) is 4.98 Å². The number of carbonyl (C=O) groups is 1. The van der Waals surface area contributed by atoms with E-state index >= 15 is 0 Å². The van der Waals surface area contributed by atoms with Crippen LogP contribution in [0.1, 0.15) is 12.8 Å². The summed E-state index contributed by atoms with van der Waals surface area (Å²) in [6, 6.07) is 2.28. The van der Waals surface area contributed by atoms with Gasteiger partial charge in [0.1, 0.15) is 4.83 Å². The van der Waals surface area contributed by atoms with Crippen molar-refractivity contribution in [2.75, 3.05) is 39.3 Å². The topological polar surface area (TPSA) is 70.5 Å². The predicted molar refractivity (Wildman–Crippen MR) is 105 cm³/mol. The van der Waals surface area contributed by atoms with Crippen LogP contribution in [-0.4, -0.2) is 70.6 Å². The summed E-state index contributed by atoms with van der Waals surface area (Å²) in [6.07, 6.45) is 2.96. The number of hydrogen-bond donors (Lipinski definition) is 1. The lowest BCUT2D eigenvalue weighted by molar-refractivity contribution is -0.130. The smallest absolute Gasteiger partial charge is 0.262 e. The van der Waals surface area contributed by atoms with Gasteiger partial charge in [-0.1, -0.05) is 0 Å². The van der Waals surface area contributed by atoms with Crippen molar-refractivity contribution < 1.29 is 4.79 Å². The summed E-state index contributed by atoms with van der Waals surface area (Å²) in [7, 11) is 0. The minimum Gasteiger partial charge on any atom is -0.341 e. The first kappa shape index (κ1) is 19.3. The summed E-state index contributed by atoms with van der Waals surface area (Å²) < 4.78 is 1.55. The third-order valence-corrected chi connectivity index (χ3v) is 6.02. The van der Waals surface area contributed by atoms with Gasteiger partial charge in [-0.3, -0.25) is 19.1 Å². The maximum absolute atomic E-state index is 12.5. The second-order valence-electron chi connectivity index (χ2n) is 6.70. The number of carbonyl (C=O) groups excluding carboxylic acids is 1. The van der Waals surface area contributed by atoms with Crippen LogP contribution in [0.2, 0.25) is 0 Å². The molecule has 1 atom stereocenters. The molecule has 2 fully saturated rings. The third kappa shape index (κ3) is 3.93. The van der Waals surface area contributed by atoms with Crippen LogP contribution in [-0.2, 0) is 11.3 Å². The zero-order valence-electron chi connectivity index (χ0n) is 14.6. The number of thiophene rings is 1. The largest absolute Gasteiger partial charge is 0.341 e. The Morgan fingerprint density at radius 2 is 2.12 bits per heavy atom. The van der Waals surface area contributed by atoms with E-state index in [1.165, 1.54) is 11.3 Å². The minimum absolute atomic E-state index is 0. The standard InChI is InChI=1S/C17H23N5O2S.ClH/c23-15(21-6-1-13(11-21)20-8-4-18-5-9-20)2-7-22-12-19-16-14(17(22)24)3-10-25-16;/h3,10,12-13,18H,1-2,4-9,11H2;1H. The molecule has 0 aliphatic carbocycles. The number of piperazine rings is 1. The molecule has 0 radical (unpaired) electrons. The fourth-order valence-electron chi connectivity index (χ4n) is 3.74. The molecular formula is C17H24ClN5O2S. The van der Waals surface area contributed by atoms with Crippen molar-refractivity contribution in [3.05, 3.63) is 28.1 Å². The summed E-state index contributed by atoms with van der Waals surface area (Å²) in [5, 5.41) is 5.88.